The molecule has 1 atom stereocenters. The summed E-state index contributed by atoms with van der Waals surface area (Å²) in [5.41, 5.74) is 0.523. The topological polar surface area (TPSA) is 40.5 Å². The molecule has 1 saturated heterocycles. The summed E-state index contributed by atoms with van der Waals surface area (Å²) in [5.74, 6) is -1.05. The van der Waals surface area contributed by atoms with E-state index in [2.05, 4.69) is 0 Å². The Morgan fingerprint density at radius 2 is 2.32 bits per heavy atom. The van der Waals surface area contributed by atoms with E-state index >= 15 is 0 Å². The number of hydrogen-bond acceptors (Lipinski definition) is 2. The van der Waals surface area contributed by atoms with Crippen molar-refractivity contribution in [2.45, 2.75) is 31.7 Å². The Kier molecular flexibility index (Phi) is 4.77. The quantitative estimate of drug-likeness (QED) is 0.904. The normalized spacial score (nSPS) is 19.8. The molecule has 1 N–H and O–H groups in total. The number of likely N-dealkylation sites (tertiary alicyclic amines) is 1. The first-order valence-electron chi connectivity index (χ1n) is 6.49. The summed E-state index contributed by atoms with van der Waals surface area (Å²) in [7, 11) is 0. The number of nitrogens with zero attached hydrogens (tertiary/aromatic N) is 1. The van der Waals surface area contributed by atoms with E-state index in [1.807, 2.05) is 4.90 Å². The second-order valence-electron chi connectivity index (χ2n) is 4.84. The summed E-state index contributed by atoms with van der Waals surface area (Å²) >= 11 is 5.96. The van der Waals surface area contributed by atoms with Crippen molar-refractivity contribution >= 4 is 17.6 Å². The van der Waals surface area contributed by atoms with Gasteiger partial charge in [0.15, 0.2) is 0 Å². The first-order chi connectivity index (χ1) is 9.09. The monoisotopic (exact) mass is 285 g/mol. The van der Waals surface area contributed by atoms with Crippen LogP contribution in [0.4, 0.5) is 4.39 Å². The summed E-state index contributed by atoms with van der Waals surface area (Å²) in [6.07, 6.45) is 2.87. The van der Waals surface area contributed by atoms with Crippen molar-refractivity contribution in [1.29, 1.82) is 0 Å². The van der Waals surface area contributed by atoms with Crippen LogP contribution in [-0.2, 0) is 11.2 Å². The van der Waals surface area contributed by atoms with Crippen molar-refractivity contribution in [3.63, 3.8) is 0 Å². The Bertz CT molecular complexity index is 447. The van der Waals surface area contributed by atoms with Gasteiger partial charge in [0.1, 0.15) is 11.9 Å². The number of carbonyl (C=O) groups is 1. The van der Waals surface area contributed by atoms with Crippen LogP contribution in [0.15, 0.2) is 18.2 Å². The SMILES string of the molecule is O=C(O)[C@@H]1CCCN1CCCc1c(F)cccc1Cl. The van der Waals surface area contributed by atoms with Crippen molar-refractivity contribution < 1.29 is 14.3 Å². The Hall–Kier alpha value is -1.13. The number of benzene rings is 1. The smallest absolute Gasteiger partial charge is 0.320 e. The Balaban J connectivity index is 1.88. The maximum atomic E-state index is 13.6. The fourth-order valence-corrected chi connectivity index (χ4v) is 2.86. The molecule has 0 unspecified atom stereocenters. The van der Waals surface area contributed by atoms with Crippen LogP contribution in [0.2, 0.25) is 5.02 Å². The van der Waals surface area contributed by atoms with Crippen molar-refractivity contribution in [3.8, 4) is 0 Å². The molecule has 1 aromatic carbocycles. The lowest BCUT2D eigenvalue weighted by Gasteiger charge is -2.20. The molecule has 2 rings (SSSR count). The van der Waals surface area contributed by atoms with Crippen molar-refractivity contribution in [2.75, 3.05) is 13.1 Å². The minimum Gasteiger partial charge on any atom is -0.480 e. The predicted molar refractivity (Wildman–Crippen MR) is 72.0 cm³/mol. The summed E-state index contributed by atoms with van der Waals surface area (Å²) in [4.78, 5) is 13.0. The molecule has 104 valence electrons. The third-order valence-corrected chi connectivity index (χ3v) is 3.94. The van der Waals surface area contributed by atoms with Crippen LogP contribution in [0, 0.1) is 5.82 Å². The van der Waals surface area contributed by atoms with E-state index in [1.165, 1.54) is 6.07 Å². The lowest BCUT2D eigenvalue weighted by Crippen LogP contribution is -2.36. The van der Waals surface area contributed by atoms with E-state index < -0.39 is 5.97 Å². The molecule has 0 amide bonds. The fourth-order valence-electron chi connectivity index (χ4n) is 2.60. The molecule has 19 heavy (non-hydrogen) atoms. The van der Waals surface area contributed by atoms with E-state index in [9.17, 15) is 9.18 Å². The average Bonchev–Trinajstić information content (AvgIpc) is 2.81. The van der Waals surface area contributed by atoms with Crippen LogP contribution in [0.25, 0.3) is 0 Å². The van der Waals surface area contributed by atoms with Crippen LogP contribution >= 0.6 is 11.6 Å². The van der Waals surface area contributed by atoms with Gasteiger partial charge >= 0.3 is 5.97 Å². The third kappa shape index (κ3) is 3.45. The van der Waals surface area contributed by atoms with Gasteiger partial charge < -0.3 is 5.11 Å². The Morgan fingerprint density at radius 1 is 1.53 bits per heavy atom. The van der Waals surface area contributed by atoms with Gasteiger partial charge in [0.25, 0.3) is 0 Å². The molecule has 1 heterocycles. The number of halogens is 2. The average molecular weight is 286 g/mol. The predicted octanol–water partition coefficient (Wildman–Crippen LogP) is 2.96. The van der Waals surface area contributed by atoms with Crippen molar-refractivity contribution in [1.82, 2.24) is 4.90 Å². The van der Waals surface area contributed by atoms with Gasteiger partial charge in [-0.25, -0.2) is 4.39 Å². The van der Waals surface area contributed by atoms with Gasteiger partial charge in [0.05, 0.1) is 0 Å². The molecule has 0 spiro atoms. The first-order valence-corrected chi connectivity index (χ1v) is 6.87. The summed E-state index contributed by atoms with van der Waals surface area (Å²) < 4.78 is 13.6. The van der Waals surface area contributed by atoms with E-state index in [4.69, 9.17) is 16.7 Å². The lowest BCUT2D eigenvalue weighted by atomic mass is 10.1. The van der Waals surface area contributed by atoms with Gasteiger partial charge in [-0.15, -0.1) is 0 Å². The molecule has 0 bridgehead atoms. The number of carboxylic acids is 1. The van der Waals surface area contributed by atoms with Gasteiger partial charge in [-0.3, -0.25) is 9.69 Å². The second-order valence-corrected chi connectivity index (χ2v) is 5.24. The largest absolute Gasteiger partial charge is 0.480 e. The molecule has 5 heteroatoms. The van der Waals surface area contributed by atoms with Gasteiger partial charge in [-0.1, -0.05) is 17.7 Å². The standard InChI is InChI=1S/C14H17ClFNO2/c15-11-5-1-6-12(16)10(11)4-2-8-17-9-3-7-13(17)14(18)19/h1,5-6,13H,2-4,7-9H2,(H,18,19)/t13-/m0/s1. The Labute approximate surface area is 117 Å². The van der Waals surface area contributed by atoms with Crippen LogP contribution in [-0.4, -0.2) is 35.1 Å². The number of rotatable bonds is 5. The maximum Gasteiger partial charge on any atom is 0.320 e. The highest BCUT2D eigenvalue weighted by atomic mass is 35.5. The third-order valence-electron chi connectivity index (χ3n) is 3.58. The molecule has 0 saturated carbocycles. The Morgan fingerprint density at radius 3 is 3.00 bits per heavy atom. The summed E-state index contributed by atoms with van der Waals surface area (Å²) in [6, 6.07) is 4.28. The van der Waals surface area contributed by atoms with E-state index in [0.717, 1.165) is 13.0 Å². The van der Waals surface area contributed by atoms with Gasteiger partial charge in [-0.05, 0) is 50.9 Å². The van der Waals surface area contributed by atoms with E-state index in [0.29, 0.717) is 36.4 Å². The molecule has 0 radical (unpaired) electrons. The van der Waals surface area contributed by atoms with Crippen LogP contribution in [0.5, 0.6) is 0 Å². The second kappa shape index (κ2) is 6.35. The van der Waals surface area contributed by atoms with Crippen LogP contribution < -0.4 is 0 Å². The minimum absolute atomic E-state index is 0.288. The van der Waals surface area contributed by atoms with Gasteiger partial charge in [0.2, 0.25) is 0 Å². The van der Waals surface area contributed by atoms with Crippen molar-refractivity contribution in [2.24, 2.45) is 0 Å². The molecular weight excluding hydrogens is 269 g/mol. The zero-order chi connectivity index (χ0) is 13.8. The highest BCUT2D eigenvalue weighted by Gasteiger charge is 2.29. The highest BCUT2D eigenvalue weighted by molar-refractivity contribution is 6.31. The van der Waals surface area contributed by atoms with Crippen molar-refractivity contribution in [3.05, 3.63) is 34.6 Å². The van der Waals surface area contributed by atoms with Crippen LogP contribution in [0.3, 0.4) is 0 Å². The van der Waals surface area contributed by atoms with E-state index in [1.54, 1.807) is 12.1 Å². The molecular formula is C14H17ClFNO2. The lowest BCUT2D eigenvalue weighted by molar-refractivity contribution is -0.142. The molecule has 3 nitrogen and oxygen atoms in total. The molecule has 1 aliphatic rings. The minimum atomic E-state index is -0.763. The number of aliphatic carboxylic acids is 1. The van der Waals surface area contributed by atoms with Gasteiger partial charge in [-0.2, -0.15) is 0 Å². The molecule has 1 fully saturated rings. The van der Waals surface area contributed by atoms with Crippen LogP contribution in [0.1, 0.15) is 24.8 Å². The zero-order valence-electron chi connectivity index (χ0n) is 10.6. The fraction of sp³-hybridized carbons (Fsp3) is 0.500. The summed E-state index contributed by atoms with van der Waals surface area (Å²) in [6.45, 7) is 1.48. The zero-order valence-corrected chi connectivity index (χ0v) is 11.4. The van der Waals surface area contributed by atoms with Gasteiger partial charge in [0, 0.05) is 10.6 Å². The number of carboxylic acid groups (broad SMARTS) is 1. The molecule has 0 aromatic heterocycles. The molecule has 1 aliphatic heterocycles. The summed E-state index contributed by atoms with van der Waals surface area (Å²) in [5, 5.41) is 9.51. The first kappa shape index (κ1) is 14.3. The highest BCUT2D eigenvalue weighted by Crippen LogP contribution is 2.22. The molecule has 0 aliphatic carbocycles. The van der Waals surface area contributed by atoms with E-state index in [-0.39, 0.29) is 11.9 Å². The number of hydrogen-bond donors (Lipinski definition) is 1. The maximum absolute atomic E-state index is 13.6. The molecule has 1 aromatic rings.